The number of Topliss-reactive ketones (excluding diaryl/α,β-unsaturated/α-hetero) is 1. The zero-order valence-electron chi connectivity index (χ0n) is 7.70. The molecule has 0 atom stereocenters. The van der Waals surface area contributed by atoms with Crippen LogP contribution in [-0.4, -0.2) is 10.2 Å². The minimum absolute atomic E-state index is 0.128. The molecule has 0 fully saturated rings. The number of ketones is 1. The number of fused-ring (bicyclic) bond motifs is 1. The van der Waals surface area contributed by atoms with Crippen LogP contribution in [0.3, 0.4) is 0 Å². The van der Waals surface area contributed by atoms with Crippen LogP contribution < -0.4 is 5.63 Å². The van der Waals surface area contributed by atoms with E-state index in [0.717, 1.165) is 5.39 Å². The van der Waals surface area contributed by atoms with Gasteiger partial charge in [-0.1, -0.05) is 40.8 Å². The van der Waals surface area contributed by atoms with Crippen LogP contribution in [0.1, 0.15) is 10.4 Å². The molecule has 0 aliphatic rings. The molecule has 0 bridgehead atoms. The fourth-order valence-corrected chi connectivity index (χ4v) is 1.74. The van der Waals surface area contributed by atoms with E-state index >= 15 is 0 Å². The molecule has 1 heterocycles. The van der Waals surface area contributed by atoms with Crippen LogP contribution >= 0.6 is 22.6 Å². The molecule has 0 amide bonds. The number of hydrogen-bond donors (Lipinski definition) is 0. The number of alkyl halides is 1. The van der Waals surface area contributed by atoms with Crippen molar-refractivity contribution >= 4 is 39.3 Å². The lowest BCUT2D eigenvalue weighted by Gasteiger charge is -1.98. The summed E-state index contributed by atoms with van der Waals surface area (Å²) in [5, 5.41) is 0.769. The summed E-state index contributed by atoms with van der Waals surface area (Å²) in [6.45, 7) is 0. The maximum Gasteiger partial charge on any atom is 0.347 e. The standard InChI is InChI=1S/C11H7IO3/c12-6-9(13)8-5-7-3-1-2-4-10(7)15-11(8)14/h1-5H,6H2. The van der Waals surface area contributed by atoms with Crippen LogP contribution in [0.5, 0.6) is 0 Å². The highest BCUT2D eigenvalue weighted by atomic mass is 127. The highest BCUT2D eigenvalue weighted by Gasteiger charge is 2.11. The predicted molar refractivity (Wildman–Crippen MR) is 65.7 cm³/mol. The van der Waals surface area contributed by atoms with Crippen LogP contribution in [-0.2, 0) is 0 Å². The second-order valence-corrected chi connectivity index (χ2v) is 3.80. The molecule has 1 aromatic carbocycles. The monoisotopic (exact) mass is 314 g/mol. The molecule has 0 saturated carbocycles. The van der Waals surface area contributed by atoms with Gasteiger partial charge >= 0.3 is 5.63 Å². The fraction of sp³-hybridized carbons (Fsp3) is 0.0909. The number of rotatable bonds is 2. The van der Waals surface area contributed by atoms with E-state index in [-0.39, 0.29) is 15.8 Å². The molecule has 0 N–H and O–H groups in total. The van der Waals surface area contributed by atoms with E-state index in [4.69, 9.17) is 4.42 Å². The summed E-state index contributed by atoms with van der Waals surface area (Å²) in [4.78, 5) is 22.9. The lowest BCUT2D eigenvalue weighted by atomic mass is 10.1. The third kappa shape index (κ3) is 1.94. The summed E-state index contributed by atoms with van der Waals surface area (Å²) >= 11 is 1.93. The minimum Gasteiger partial charge on any atom is -0.422 e. The van der Waals surface area contributed by atoms with Crippen molar-refractivity contribution in [1.82, 2.24) is 0 Å². The highest BCUT2D eigenvalue weighted by molar-refractivity contribution is 14.1. The van der Waals surface area contributed by atoms with Crippen molar-refractivity contribution in [2.45, 2.75) is 0 Å². The van der Waals surface area contributed by atoms with Crippen molar-refractivity contribution in [1.29, 1.82) is 0 Å². The Morgan fingerprint density at radius 1 is 1.33 bits per heavy atom. The second kappa shape index (κ2) is 4.14. The SMILES string of the molecule is O=C(CI)c1cc2ccccc2oc1=O. The lowest BCUT2D eigenvalue weighted by Crippen LogP contribution is -2.14. The molecule has 0 aliphatic heterocycles. The maximum absolute atomic E-state index is 11.4. The summed E-state index contributed by atoms with van der Waals surface area (Å²) in [5.74, 6) is -0.199. The van der Waals surface area contributed by atoms with Gasteiger partial charge in [0.05, 0.1) is 4.43 Å². The van der Waals surface area contributed by atoms with Crippen molar-refractivity contribution in [2.24, 2.45) is 0 Å². The number of carbonyl (C=O) groups excluding carboxylic acids is 1. The molecule has 0 radical (unpaired) electrons. The third-order valence-electron chi connectivity index (χ3n) is 2.06. The van der Waals surface area contributed by atoms with E-state index in [9.17, 15) is 9.59 Å². The topological polar surface area (TPSA) is 47.3 Å². The largest absolute Gasteiger partial charge is 0.422 e. The number of benzene rings is 1. The van der Waals surface area contributed by atoms with Crippen LogP contribution in [0.2, 0.25) is 0 Å². The summed E-state index contributed by atoms with van der Waals surface area (Å²) in [7, 11) is 0. The number of para-hydroxylation sites is 1. The average Bonchev–Trinajstić information content (AvgIpc) is 2.27. The Morgan fingerprint density at radius 3 is 2.80 bits per heavy atom. The lowest BCUT2D eigenvalue weighted by molar-refractivity contribution is 0.102. The third-order valence-corrected chi connectivity index (χ3v) is 2.76. The molecule has 0 aliphatic carbocycles. The first kappa shape index (κ1) is 10.4. The average molecular weight is 314 g/mol. The number of hydrogen-bond acceptors (Lipinski definition) is 3. The van der Waals surface area contributed by atoms with Gasteiger partial charge in [0.25, 0.3) is 0 Å². The first-order valence-corrected chi connectivity index (χ1v) is 5.87. The van der Waals surface area contributed by atoms with Gasteiger partial charge in [0, 0.05) is 5.39 Å². The van der Waals surface area contributed by atoms with Gasteiger partial charge in [0.2, 0.25) is 0 Å². The molecule has 2 aromatic rings. The van der Waals surface area contributed by atoms with Crippen LogP contribution in [0.15, 0.2) is 39.5 Å². The van der Waals surface area contributed by atoms with Crippen molar-refractivity contribution in [3.8, 4) is 0 Å². The number of carbonyl (C=O) groups is 1. The Bertz CT molecular complexity index is 571. The Morgan fingerprint density at radius 2 is 2.07 bits per heavy atom. The first-order chi connectivity index (χ1) is 7.22. The molecule has 0 unspecified atom stereocenters. The van der Waals surface area contributed by atoms with E-state index < -0.39 is 5.63 Å². The molecular formula is C11H7IO3. The van der Waals surface area contributed by atoms with Gasteiger partial charge in [0.1, 0.15) is 11.1 Å². The molecule has 4 heteroatoms. The molecule has 15 heavy (non-hydrogen) atoms. The first-order valence-electron chi connectivity index (χ1n) is 4.34. The van der Waals surface area contributed by atoms with Gasteiger partial charge < -0.3 is 4.42 Å². The Labute approximate surface area is 99.2 Å². The fourth-order valence-electron chi connectivity index (χ4n) is 1.33. The molecular weight excluding hydrogens is 307 g/mol. The number of halogens is 1. The van der Waals surface area contributed by atoms with Gasteiger partial charge in [-0.3, -0.25) is 4.79 Å². The molecule has 0 saturated heterocycles. The molecule has 2 rings (SSSR count). The highest BCUT2D eigenvalue weighted by Crippen LogP contribution is 2.13. The van der Waals surface area contributed by atoms with Gasteiger partial charge in [-0.2, -0.15) is 0 Å². The molecule has 1 aromatic heterocycles. The Hall–Kier alpha value is -1.17. The van der Waals surface area contributed by atoms with Crippen molar-refractivity contribution in [2.75, 3.05) is 4.43 Å². The Kier molecular flexibility index (Phi) is 2.86. The normalized spacial score (nSPS) is 10.5. The molecule has 3 nitrogen and oxygen atoms in total. The smallest absolute Gasteiger partial charge is 0.347 e. The van der Waals surface area contributed by atoms with Gasteiger partial charge in [-0.05, 0) is 12.1 Å². The van der Waals surface area contributed by atoms with Crippen LogP contribution in [0.25, 0.3) is 11.0 Å². The van der Waals surface area contributed by atoms with Crippen molar-refractivity contribution in [3.05, 3.63) is 46.3 Å². The van der Waals surface area contributed by atoms with E-state index in [2.05, 4.69) is 0 Å². The van der Waals surface area contributed by atoms with Crippen LogP contribution in [0.4, 0.5) is 0 Å². The quantitative estimate of drug-likeness (QED) is 0.370. The zero-order chi connectivity index (χ0) is 10.8. The van der Waals surface area contributed by atoms with E-state index in [1.807, 2.05) is 34.7 Å². The summed E-state index contributed by atoms with van der Waals surface area (Å²) < 4.78 is 5.31. The van der Waals surface area contributed by atoms with E-state index in [1.54, 1.807) is 18.2 Å². The van der Waals surface area contributed by atoms with Crippen molar-refractivity contribution < 1.29 is 9.21 Å². The van der Waals surface area contributed by atoms with E-state index in [1.165, 1.54) is 0 Å². The minimum atomic E-state index is -0.560. The predicted octanol–water partition coefficient (Wildman–Crippen LogP) is 2.41. The van der Waals surface area contributed by atoms with Crippen molar-refractivity contribution in [3.63, 3.8) is 0 Å². The zero-order valence-corrected chi connectivity index (χ0v) is 9.85. The van der Waals surface area contributed by atoms with Gasteiger partial charge in [-0.15, -0.1) is 0 Å². The molecule has 0 spiro atoms. The second-order valence-electron chi connectivity index (χ2n) is 3.04. The van der Waals surface area contributed by atoms with Gasteiger partial charge in [-0.25, -0.2) is 4.79 Å². The van der Waals surface area contributed by atoms with Gasteiger partial charge in [0.15, 0.2) is 5.78 Å². The van der Waals surface area contributed by atoms with E-state index in [0.29, 0.717) is 5.58 Å². The maximum atomic E-state index is 11.4. The summed E-state index contributed by atoms with van der Waals surface area (Å²) in [6, 6.07) is 8.71. The van der Waals surface area contributed by atoms with Crippen LogP contribution in [0, 0.1) is 0 Å². The summed E-state index contributed by atoms with van der Waals surface area (Å²) in [6.07, 6.45) is 0. The Balaban J connectivity index is 2.73. The molecule has 76 valence electrons. The summed E-state index contributed by atoms with van der Waals surface area (Å²) in [5.41, 5.74) is 0.0750.